The number of nitrogens with zero attached hydrogens (tertiary/aromatic N) is 2. The number of hydrogen-bond donors (Lipinski definition) is 2. The fraction of sp³-hybridized carbons (Fsp3) is 0.118. The van der Waals surface area contributed by atoms with E-state index in [1.54, 1.807) is 19.1 Å². The summed E-state index contributed by atoms with van der Waals surface area (Å²) in [6.45, 7) is 2.01. The van der Waals surface area contributed by atoms with Crippen LogP contribution in [0.25, 0.3) is 22.4 Å². The Balaban J connectivity index is 1.94. The lowest BCUT2D eigenvalue weighted by molar-refractivity contribution is 0.0520. The number of esters is 1. The quantitative estimate of drug-likeness (QED) is 0.723. The topological polar surface area (TPSA) is 88.1 Å². The highest BCUT2D eigenvalue weighted by Gasteiger charge is 2.19. The summed E-state index contributed by atoms with van der Waals surface area (Å²) >= 11 is 0. The average molecular weight is 309 g/mol. The highest BCUT2D eigenvalue weighted by atomic mass is 16.5. The molecule has 2 N–H and O–H groups in total. The standard InChI is InChI=1S/C17H15N3O3/c1-2-23-17(22)16-15(18-20-19-16)12-9-7-11(8-10-12)13-5-3-4-6-14(13)21/h3-10,21H,2H2,1H3,(H,18,19,20). The fourth-order valence-electron chi connectivity index (χ4n) is 2.30. The Hall–Kier alpha value is -3.15. The van der Waals surface area contributed by atoms with Crippen molar-refractivity contribution in [3.8, 4) is 28.1 Å². The Bertz CT molecular complexity index is 825. The van der Waals surface area contributed by atoms with Crippen molar-refractivity contribution >= 4 is 5.97 Å². The van der Waals surface area contributed by atoms with Gasteiger partial charge in [0, 0.05) is 11.1 Å². The molecule has 3 aromatic rings. The van der Waals surface area contributed by atoms with Gasteiger partial charge in [-0.2, -0.15) is 10.3 Å². The Morgan fingerprint density at radius 1 is 1.09 bits per heavy atom. The number of phenolic OH excluding ortho intramolecular Hbond substituents is 1. The summed E-state index contributed by atoms with van der Waals surface area (Å²) in [6, 6.07) is 14.5. The van der Waals surface area contributed by atoms with Crippen LogP contribution in [0.1, 0.15) is 17.4 Å². The first kappa shape index (κ1) is 14.8. The first-order valence-electron chi connectivity index (χ1n) is 7.17. The predicted octanol–water partition coefficient (Wildman–Crippen LogP) is 3.02. The molecule has 23 heavy (non-hydrogen) atoms. The van der Waals surface area contributed by atoms with Crippen LogP contribution in [-0.4, -0.2) is 33.1 Å². The number of ether oxygens (including phenoxy) is 1. The molecule has 6 nitrogen and oxygen atoms in total. The van der Waals surface area contributed by atoms with Gasteiger partial charge < -0.3 is 9.84 Å². The monoisotopic (exact) mass is 309 g/mol. The van der Waals surface area contributed by atoms with Gasteiger partial charge >= 0.3 is 5.97 Å². The molecule has 6 heteroatoms. The van der Waals surface area contributed by atoms with Crippen molar-refractivity contribution in [3.05, 3.63) is 54.2 Å². The zero-order valence-electron chi connectivity index (χ0n) is 12.5. The van der Waals surface area contributed by atoms with E-state index in [4.69, 9.17) is 4.74 Å². The number of nitrogens with one attached hydrogen (secondary N) is 1. The molecule has 0 saturated carbocycles. The van der Waals surface area contributed by atoms with Crippen molar-refractivity contribution in [1.82, 2.24) is 15.4 Å². The first-order valence-corrected chi connectivity index (χ1v) is 7.17. The number of phenols is 1. The van der Waals surface area contributed by atoms with E-state index in [-0.39, 0.29) is 18.1 Å². The molecule has 1 aromatic heterocycles. The summed E-state index contributed by atoms with van der Waals surface area (Å²) in [5, 5.41) is 20.2. The van der Waals surface area contributed by atoms with E-state index < -0.39 is 5.97 Å². The normalized spacial score (nSPS) is 10.5. The molecule has 0 bridgehead atoms. The number of rotatable bonds is 4. The molecule has 0 spiro atoms. The number of aromatic hydroxyl groups is 1. The third-order valence-electron chi connectivity index (χ3n) is 3.39. The Labute approximate surface area is 132 Å². The van der Waals surface area contributed by atoms with Gasteiger partial charge in [0.05, 0.1) is 6.61 Å². The lowest BCUT2D eigenvalue weighted by Gasteiger charge is -2.06. The van der Waals surface area contributed by atoms with Crippen molar-refractivity contribution < 1.29 is 14.6 Å². The van der Waals surface area contributed by atoms with Gasteiger partial charge in [0.1, 0.15) is 11.4 Å². The zero-order valence-corrected chi connectivity index (χ0v) is 12.5. The maximum atomic E-state index is 11.9. The number of carbonyl (C=O) groups is 1. The molecule has 0 aliphatic rings. The van der Waals surface area contributed by atoms with Gasteiger partial charge in [-0.15, -0.1) is 5.10 Å². The van der Waals surface area contributed by atoms with Crippen LogP contribution in [0.5, 0.6) is 5.75 Å². The molecular weight excluding hydrogens is 294 g/mol. The summed E-state index contributed by atoms with van der Waals surface area (Å²) in [5.74, 6) is -0.296. The van der Waals surface area contributed by atoms with Crippen LogP contribution < -0.4 is 0 Å². The molecule has 3 rings (SSSR count). The zero-order chi connectivity index (χ0) is 16.2. The van der Waals surface area contributed by atoms with E-state index in [0.717, 1.165) is 16.7 Å². The van der Waals surface area contributed by atoms with Crippen LogP contribution in [0.15, 0.2) is 48.5 Å². The number of H-pyrrole nitrogens is 1. The van der Waals surface area contributed by atoms with Crippen LogP contribution in [0, 0.1) is 0 Å². The smallest absolute Gasteiger partial charge is 0.361 e. The second-order valence-electron chi connectivity index (χ2n) is 4.84. The summed E-state index contributed by atoms with van der Waals surface area (Å²) < 4.78 is 4.96. The number of hydrogen-bond acceptors (Lipinski definition) is 5. The second kappa shape index (κ2) is 6.31. The van der Waals surface area contributed by atoms with E-state index in [2.05, 4.69) is 15.4 Å². The number of para-hydroxylation sites is 1. The molecule has 1 heterocycles. The predicted molar refractivity (Wildman–Crippen MR) is 84.9 cm³/mol. The first-order chi connectivity index (χ1) is 11.2. The van der Waals surface area contributed by atoms with Gasteiger partial charge in [-0.1, -0.05) is 42.5 Å². The second-order valence-corrected chi connectivity index (χ2v) is 4.84. The summed E-state index contributed by atoms with van der Waals surface area (Å²) in [4.78, 5) is 11.9. The van der Waals surface area contributed by atoms with Crippen LogP contribution >= 0.6 is 0 Å². The number of carbonyl (C=O) groups excluding carboxylic acids is 1. The average Bonchev–Trinajstić information content (AvgIpc) is 3.05. The Morgan fingerprint density at radius 3 is 2.48 bits per heavy atom. The third-order valence-corrected chi connectivity index (χ3v) is 3.39. The maximum Gasteiger partial charge on any atom is 0.361 e. The number of benzene rings is 2. The SMILES string of the molecule is CCOC(=O)c1n[nH]nc1-c1ccc(-c2ccccc2O)cc1. The van der Waals surface area contributed by atoms with Crippen molar-refractivity contribution in [2.45, 2.75) is 6.92 Å². The minimum atomic E-state index is -0.513. The van der Waals surface area contributed by atoms with Gasteiger partial charge in [-0.3, -0.25) is 0 Å². The van der Waals surface area contributed by atoms with Crippen molar-refractivity contribution in [1.29, 1.82) is 0 Å². The molecule has 0 saturated heterocycles. The largest absolute Gasteiger partial charge is 0.507 e. The fourth-order valence-corrected chi connectivity index (χ4v) is 2.30. The van der Waals surface area contributed by atoms with E-state index in [0.29, 0.717) is 5.69 Å². The Morgan fingerprint density at radius 2 is 1.78 bits per heavy atom. The summed E-state index contributed by atoms with van der Waals surface area (Å²) in [5.41, 5.74) is 2.94. The van der Waals surface area contributed by atoms with Crippen molar-refractivity contribution in [3.63, 3.8) is 0 Å². The van der Waals surface area contributed by atoms with E-state index in [9.17, 15) is 9.90 Å². The van der Waals surface area contributed by atoms with Gasteiger partial charge in [-0.05, 0) is 18.6 Å². The van der Waals surface area contributed by atoms with Crippen LogP contribution in [0.3, 0.4) is 0 Å². The highest BCUT2D eigenvalue weighted by molar-refractivity contribution is 5.94. The van der Waals surface area contributed by atoms with Crippen LogP contribution in [-0.2, 0) is 4.74 Å². The number of aromatic nitrogens is 3. The lowest BCUT2D eigenvalue weighted by Crippen LogP contribution is -2.06. The van der Waals surface area contributed by atoms with Crippen molar-refractivity contribution in [2.75, 3.05) is 6.61 Å². The van der Waals surface area contributed by atoms with Gasteiger partial charge in [0.25, 0.3) is 0 Å². The van der Waals surface area contributed by atoms with E-state index >= 15 is 0 Å². The van der Waals surface area contributed by atoms with Gasteiger partial charge in [0.15, 0.2) is 5.69 Å². The van der Waals surface area contributed by atoms with E-state index in [1.165, 1.54) is 0 Å². The third kappa shape index (κ3) is 2.91. The molecule has 0 amide bonds. The molecule has 116 valence electrons. The molecule has 0 radical (unpaired) electrons. The van der Waals surface area contributed by atoms with Gasteiger partial charge in [-0.25, -0.2) is 4.79 Å². The molecule has 0 fully saturated rings. The maximum absolute atomic E-state index is 11.9. The minimum absolute atomic E-state index is 0.155. The van der Waals surface area contributed by atoms with E-state index in [1.807, 2.05) is 36.4 Å². The molecule has 2 aromatic carbocycles. The highest BCUT2D eigenvalue weighted by Crippen LogP contribution is 2.30. The van der Waals surface area contributed by atoms with Gasteiger partial charge in [0.2, 0.25) is 0 Å². The Kier molecular flexibility index (Phi) is 4.05. The minimum Gasteiger partial charge on any atom is -0.507 e. The molecular formula is C17H15N3O3. The number of aromatic amines is 1. The lowest BCUT2D eigenvalue weighted by atomic mass is 10.0. The molecule has 0 unspecified atom stereocenters. The van der Waals surface area contributed by atoms with Crippen LogP contribution in [0.2, 0.25) is 0 Å². The molecule has 0 aliphatic carbocycles. The molecule has 0 aliphatic heterocycles. The summed E-state index contributed by atoms with van der Waals surface area (Å²) in [7, 11) is 0. The van der Waals surface area contributed by atoms with Crippen molar-refractivity contribution in [2.24, 2.45) is 0 Å². The summed E-state index contributed by atoms with van der Waals surface area (Å²) in [6.07, 6.45) is 0. The molecule has 0 atom stereocenters. The van der Waals surface area contributed by atoms with Crippen LogP contribution in [0.4, 0.5) is 0 Å².